The molecule has 1 N–H and O–H groups in total. The van der Waals surface area contributed by atoms with Gasteiger partial charge in [-0.05, 0) is 37.0 Å². The van der Waals surface area contributed by atoms with Gasteiger partial charge in [0, 0.05) is 5.92 Å². The summed E-state index contributed by atoms with van der Waals surface area (Å²) in [7, 11) is 0. The first kappa shape index (κ1) is 14.0. The molecular weight excluding hydrogens is 262 g/mol. The quantitative estimate of drug-likeness (QED) is 0.726. The van der Waals surface area contributed by atoms with Gasteiger partial charge in [-0.1, -0.05) is 6.92 Å². The van der Waals surface area contributed by atoms with Crippen LogP contribution in [0.3, 0.4) is 0 Å². The molecule has 0 aromatic heterocycles. The molecule has 0 aliphatic heterocycles. The second kappa shape index (κ2) is 3.77. The van der Waals surface area contributed by atoms with Crippen LogP contribution in [-0.2, 0) is 0 Å². The molecule has 0 aromatic rings. The van der Waals surface area contributed by atoms with E-state index in [1.54, 1.807) is 0 Å². The third-order valence-corrected chi connectivity index (χ3v) is 4.61. The van der Waals surface area contributed by atoms with Gasteiger partial charge in [-0.2, -0.15) is 26.3 Å². The zero-order chi connectivity index (χ0) is 13.9. The van der Waals surface area contributed by atoms with Crippen molar-refractivity contribution in [2.45, 2.75) is 44.1 Å². The number of aliphatic hydroxyl groups is 1. The summed E-state index contributed by atoms with van der Waals surface area (Å²) in [6.07, 6.45) is -10.8. The molecule has 2 aliphatic carbocycles. The van der Waals surface area contributed by atoms with Crippen LogP contribution < -0.4 is 0 Å². The predicted molar refractivity (Wildman–Crippen MR) is 50.5 cm³/mol. The first-order chi connectivity index (χ1) is 7.98. The van der Waals surface area contributed by atoms with Crippen LogP contribution >= 0.6 is 0 Å². The second-order valence-electron chi connectivity index (χ2n) is 5.57. The molecular formula is C11H14F6O. The van der Waals surface area contributed by atoms with E-state index in [4.69, 9.17) is 0 Å². The lowest BCUT2D eigenvalue weighted by Gasteiger charge is -2.41. The van der Waals surface area contributed by atoms with Gasteiger partial charge in [0.05, 0.1) is 0 Å². The molecule has 7 heteroatoms. The van der Waals surface area contributed by atoms with E-state index in [1.165, 1.54) is 0 Å². The second-order valence-corrected chi connectivity index (χ2v) is 5.57. The summed E-state index contributed by atoms with van der Waals surface area (Å²) in [6.45, 7) is 1.83. The molecule has 4 unspecified atom stereocenters. The highest BCUT2D eigenvalue weighted by Gasteiger charge is 2.76. The zero-order valence-electron chi connectivity index (χ0n) is 9.65. The van der Waals surface area contributed by atoms with E-state index in [9.17, 15) is 31.4 Å². The molecule has 2 aliphatic rings. The van der Waals surface area contributed by atoms with Gasteiger partial charge in [-0.3, -0.25) is 0 Å². The maximum absolute atomic E-state index is 12.7. The SMILES string of the molecule is CC1CC2CC1CC2C(O)(C(F)(F)F)C(F)(F)F. The number of alkyl halides is 6. The zero-order valence-corrected chi connectivity index (χ0v) is 9.65. The number of halogens is 6. The molecule has 2 bridgehead atoms. The number of hydrogen-bond donors (Lipinski definition) is 1. The van der Waals surface area contributed by atoms with Gasteiger partial charge < -0.3 is 5.11 Å². The normalized spacial score (nSPS) is 37.3. The lowest BCUT2D eigenvalue weighted by molar-refractivity contribution is -0.389. The summed E-state index contributed by atoms with van der Waals surface area (Å²) in [5, 5.41) is 9.34. The molecule has 0 radical (unpaired) electrons. The maximum atomic E-state index is 12.7. The van der Waals surface area contributed by atoms with E-state index in [-0.39, 0.29) is 18.3 Å². The van der Waals surface area contributed by atoms with Gasteiger partial charge in [0.2, 0.25) is 0 Å². The van der Waals surface area contributed by atoms with Crippen molar-refractivity contribution in [2.24, 2.45) is 23.7 Å². The molecule has 0 heterocycles. The Morgan fingerprint density at radius 3 is 1.61 bits per heavy atom. The van der Waals surface area contributed by atoms with E-state index in [2.05, 4.69) is 0 Å². The van der Waals surface area contributed by atoms with Crippen LogP contribution in [0.2, 0.25) is 0 Å². The Morgan fingerprint density at radius 1 is 0.833 bits per heavy atom. The van der Waals surface area contributed by atoms with Crippen molar-refractivity contribution in [1.82, 2.24) is 0 Å². The van der Waals surface area contributed by atoms with Crippen LogP contribution in [0.25, 0.3) is 0 Å². The Morgan fingerprint density at radius 2 is 1.33 bits per heavy atom. The van der Waals surface area contributed by atoms with E-state index < -0.39 is 29.8 Å². The van der Waals surface area contributed by atoms with Gasteiger partial charge in [0.15, 0.2) is 0 Å². The lowest BCUT2D eigenvalue weighted by Crippen LogP contribution is -2.62. The van der Waals surface area contributed by atoms with Crippen molar-refractivity contribution in [2.75, 3.05) is 0 Å². The molecule has 2 saturated carbocycles. The van der Waals surface area contributed by atoms with Gasteiger partial charge in [-0.25, -0.2) is 0 Å². The van der Waals surface area contributed by atoms with Crippen LogP contribution in [-0.4, -0.2) is 23.1 Å². The molecule has 0 saturated heterocycles. The van der Waals surface area contributed by atoms with Crippen molar-refractivity contribution in [1.29, 1.82) is 0 Å². The van der Waals surface area contributed by atoms with Crippen molar-refractivity contribution in [3.8, 4) is 0 Å². The predicted octanol–water partition coefficient (Wildman–Crippen LogP) is 3.52. The molecule has 106 valence electrons. The highest BCUT2D eigenvalue weighted by molar-refractivity contribution is 5.08. The van der Waals surface area contributed by atoms with E-state index >= 15 is 0 Å². The lowest BCUT2D eigenvalue weighted by atomic mass is 9.73. The third-order valence-electron chi connectivity index (χ3n) is 4.61. The molecule has 2 fully saturated rings. The van der Waals surface area contributed by atoms with Crippen molar-refractivity contribution >= 4 is 0 Å². The minimum absolute atomic E-state index is 0.128. The van der Waals surface area contributed by atoms with Gasteiger partial charge in [0.1, 0.15) is 0 Å². The highest BCUT2D eigenvalue weighted by atomic mass is 19.4. The Labute approximate surface area is 100 Å². The molecule has 0 aromatic carbocycles. The minimum Gasteiger partial charge on any atom is -0.373 e. The molecule has 0 amide bonds. The Hall–Kier alpha value is -0.460. The fourth-order valence-corrected chi connectivity index (χ4v) is 3.66. The Bertz CT molecular complexity index is 317. The summed E-state index contributed by atoms with van der Waals surface area (Å²) in [6, 6.07) is 0. The summed E-state index contributed by atoms with van der Waals surface area (Å²) in [4.78, 5) is 0. The van der Waals surface area contributed by atoms with E-state index in [0.717, 1.165) is 0 Å². The van der Waals surface area contributed by atoms with Gasteiger partial charge in [0.25, 0.3) is 5.60 Å². The van der Waals surface area contributed by atoms with Gasteiger partial charge >= 0.3 is 12.4 Å². The smallest absolute Gasteiger partial charge is 0.373 e. The van der Waals surface area contributed by atoms with Crippen molar-refractivity contribution in [3.05, 3.63) is 0 Å². The van der Waals surface area contributed by atoms with Crippen LogP contribution in [0.1, 0.15) is 26.2 Å². The maximum Gasteiger partial charge on any atom is 0.426 e. The van der Waals surface area contributed by atoms with E-state index in [0.29, 0.717) is 12.8 Å². The Balaban J connectivity index is 2.34. The molecule has 4 atom stereocenters. The number of fused-ring (bicyclic) bond motifs is 2. The molecule has 1 nitrogen and oxygen atoms in total. The van der Waals surface area contributed by atoms with Crippen molar-refractivity contribution in [3.63, 3.8) is 0 Å². The summed E-state index contributed by atoms with van der Waals surface area (Å²) < 4.78 is 76.2. The summed E-state index contributed by atoms with van der Waals surface area (Å²) in [5.74, 6) is -2.41. The van der Waals surface area contributed by atoms with Crippen LogP contribution in [0.15, 0.2) is 0 Å². The molecule has 18 heavy (non-hydrogen) atoms. The number of hydrogen-bond acceptors (Lipinski definition) is 1. The van der Waals surface area contributed by atoms with Crippen LogP contribution in [0.4, 0.5) is 26.3 Å². The summed E-state index contributed by atoms with van der Waals surface area (Å²) in [5.41, 5.74) is -4.56. The highest BCUT2D eigenvalue weighted by Crippen LogP contribution is 2.61. The summed E-state index contributed by atoms with van der Waals surface area (Å²) >= 11 is 0. The minimum atomic E-state index is -5.68. The number of rotatable bonds is 1. The third kappa shape index (κ3) is 1.73. The monoisotopic (exact) mass is 276 g/mol. The Kier molecular flexibility index (Phi) is 2.93. The fourth-order valence-electron chi connectivity index (χ4n) is 3.66. The standard InChI is InChI=1S/C11H14F6O/c1-5-2-7-3-6(5)4-8(7)9(18,10(12,13)14)11(15,16)17/h5-8,18H,2-4H2,1H3. The topological polar surface area (TPSA) is 20.2 Å². The van der Waals surface area contributed by atoms with Gasteiger partial charge in [-0.15, -0.1) is 0 Å². The average molecular weight is 276 g/mol. The largest absolute Gasteiger partial charge is 0.426 e. The first-order valence-corrected chi connectivity index (χ1v) is 5.84. The van der Waals surface area contributed by atoms with Crippen LogP contribution in [0.5, 0.6) is 0 Å². The average Bonchev–Trinajstić information content (AvgIpc) is 2.70. The van der Waals surface area contributed by atoms with Crippen molar-refractivity contribution < 1.29 is 31.4 Å². The van der Waals surface area contributed by atoms with Crippen LogP contribution in [0, 0.1) is 23.7 Å². The molecule has 0 spiro atoms. The van der Waals surface area contributed by atoms with E-state index in [1.807, 2.05) is 6.92 Å². The first-order valence-electron chi connectivity index (χ1n) is 5.84. The molecule has 2 rings (SSSR count). The fraction of sp³-hybridized carbons (Fsp3) is 1.00.